The fraction of sp³-hybridized carbons (Fsp3) is 0.333. The third-order valence-electron chi connectivity index (χ3n) is 4.49. The molecule has 1 aliphatic carbocycles. The summed E-state index contributed by atoms with van der Waals surface area (Å²) < 4.78 is 10.9. The standard InChI is InChI=1S/C18H19N3O3/c1-21(2)18(22)11-3-5-15-13(9-11)14-10-12(4-6-16(14)24-15)19-17-7-8-23-20-17/h3,5,7-9,12H,4,6,10H2,1-2H3,(H,19,20). The van der Waals surface area contributed by atoms with Crippen LogP contribution < -0.4 is 5.32 Å². The quantitative estimate of drug-likeness (QED) is 0.801. The van der Waals surface area contributed by atoms with Gasteiger partial charge in [0.1, 0.15) is 17.6 Å². The average molecular weight is 325 g/mol. The van der Waals surface area contributed by atoms with Gasteiger partial charge in [0.25, 0.3) is 5.91 Å². The Morgan fingerprint density at radius 3 is 2.96 bits per heavy atom. The minimum Gasteiger partial charge on any atom is -0.461 e. The van der Waals surface area contributed by atoms with Crippen LogP contribution in [0.2, 0.25) is 0 Å². The molecule has 0 bridgehead atoms. The van der Waals surface area contributed by atoms with Crippen LogP contribution in [0.1, 0.15) is 28.1 Å². The molecular weight excluding hydrogens is 306 g/mol. The second-order valence-electron chi connectivity index (χ2n) is 6.38. The smallest absolute Gasteiger partial charge is 0.253 e. The summed E-state index contributed by atoms with van der Waals surface area (Å²) in [7, 11) is 3.52. The molecule has 1 aromatic carbocycles. The van der Waals surface area contributed by atoms with Gasteiger partial charge in [0.2, 0.25) is 0 Å². The summed E-state index contributed by atoms with van der Waals surface area (Å²) in [6, 6.07) is 7.75. The van der Waals surface area contributed by atoms with Crippen LogP contribution in [0.3, 0.4) is 0 Å². The lowest BCUT2D eigenvalue weighted by Crippen LogP contribution is -2.27. The second kappa shape index (κ2) is 5.70. The lowest BCUT2D eigenvalue weighted by atomic mass is 9.91. The summed E-state index contributed by atoms with van der Waals surface area (Å²) in [4.78, 5) is 13.8. The number of benzene rings is 1. The average Bonchev–Trinajstić information content (AvgIpc) is 3.21. The van der Waals surface area contributed by atoms with E-state index in [9.17, 15) is 4.79 Å². The van der Waals surface area contributed by atoms with Crippen molar-refractivity contribution in [3.05, 3.63) is 47.4 Å². The molecule has 1 amide bonds. The van der Waals surface area contributed by atoms with Crippen LogP contribution in [0.5, 0.6) is 0 Å². The monoisotopic (exact) mass is 325 g/mol. The molecule has 0 spiro atoms. The number of anilines is 1. The van der Waals surface area contributed by atoms with E-state index in [1.165, 1.54) is 5.56 Å². The predicted octanol–water partition coefficient (Wildman–Crippen LogP) is 3.09. The Morgan fingerprint density at radius 1 is 1.33 bits per heavy atom. The van der Waals surface area contributed by atoms with E-state index < -0.39 is 0 Å². The minimum atomic E-state index is -0.0000634. The molecular formula is C18H19N3O3. The number of aryl methyl sites for hydroxylation is 1. The summed E-state index contributed by atoms with van der Waals surface area (Å²) in [6.45, 7) is 0. The van der Waals surface area contributed by atoms with E-state index in [4.69, 9.17) is 8.94 Å². The molecule has 3 aromatic rings. The summed E-state index contributed by atoms with van der Waals surface area (Å²) in [5.74, 6) is 1.78. The van der Waals surface area contributed by atoms with E-state index in [-0.39, 0.29) is 11.9 Å². The number of nitrogens with one attached hydrogen (secondary N) is 1. The number of carbonyl (C=O) groups is 1. The van der Waals surface area contributed by atoms with Gasteiger partial charge in [-0.2, -0.15) is 0 Å². The molecule has 1 N–H and O–H groups in total. The molecule has 0 saturated carbocycles. The van der Waals surface area contributed by atoms with Gasteiger partial charge in [-0.05, 0) is 31.0 Å². The highest BCUT2D eigenvalue weighted by Crippen LogP contribution is 2.33. The van der Waals surface area contributed by atoms with E-state index in [2.05, 4.69) is 10.5 Å². The molecule has 124 valence electrons. The number of nitrogens with zero attached hydrogens (tertiary/aromatic N) is 2. The van der Waals surface area contributed by atoms with E-state index in [0.717, 1.165) is 41.8 Å². The molecule has 6 heteroatoms. The zero-order valence-corrected chi connectivity index (χ0v) is 13.7. The molecule has 24 heavy (non-hydrogen) atoms. The molecule has 4 rings (SSSR count). The molecule has 1 aliphatic rings. The van der Waals surface area contributed by atoms with Crippen LogP contribution >= 0.6 is 0 Å². The number of amides is 1. The summed E-state index contributed by atoms with van der Waals surface area (Å²) in [5.41, 5.74) is 2.71. The van der Waals surface area contributed by atoms with Crippen molar-refractivity contribution in [3.63, 3.8) is 0 Å². The molecule has 2 heterocycles. The van der Waals surface area contributed by atoms with Crippen LogP contribution in [0.25, 0.3) is 11.0 Å². The van der Waals surface area contributed by atoms with Crippen molar-refractivity contribution >= 4 is 22.7 Å². The van der Waals surface area contributed by atoms with Crippen molar-refractivity contribution in [2.24, 2.45) is 0 Å². The first-order valence-corrected chi connectivity index (χ1v) is 8.04. The van der Waals surface area contributed by atoms with Gasteiger partial charge in [-0.25, -0.2) is 0 Å². The normalized spacial score (nSPS) is 16.8. The van der Waals surface area contributed by atoms with Gasteiger partial charge in [-0.15, -0.1) is 0 Å². The fourth-order valence-corrected chi connectivity index (χ4v) is 3.29. The van der Waals surface area contributed by atoms with Crippen LogP contribution in [0, 0.1) is 0 Å². The molecule has 0 radical (unpaired) electrons. The van der Waals surface area contributed by atoms with Crippen LogP contribution in [0.4, 0.5) is 5.82 Å². The number of carbonyl (C=O) groups excluding carboxylic acids is 1. The molecule has 0 fully saturated rings. The second-order valence-corrected chi connectivity index (χ2v) is 6.38. The van der Waals surface area contributed by atoms with E-state index >= 15 is 0 Å². The topological polar surface area (TPSA) is 71.5 Å². The molecule has 2 aromatic heterocycles. The SMILES string of the molecule is CN(C)C(=O)c1ccc2oc3c(c2c1)CC(Nc1ccon1)CC3. The van der Waals surface area contributed by atoms with Crippen molar-refractivity contribution in [1.82, 2.24) is 10.1 Å². The number of furan rings is 1. The zero-order valence-electron chi connectivity index (χ0n) is 13.7. The number of hydrogen-bond acceptors (Lipinski definition) is 5. The third kappa shape index (κ3) is 2.54. The van der Waals surface area contributed by atoms with Gasteiger partial charge in [0.15, 0.2) is 5.82 Å². The molecule has 1 unspecified atom stereocenters. The zero-order chi connectivity index (χ0) is 16.7. The first-order chi connectivity index (χ1) is 11.6. The summed E-state index contributed by atoms with van der Waals surface area (Å²) in [5, 5.41) is 8.34. The van der Waals surface area contributed by atoms with Gasteiger partial charge in [0, 0.05) is 49.1 Å². The summed E-state index contributed by atoms with van der Waals surface area (Å²) in [6.07, 6.45) is 4.25. The largest absolute Gasteiger partial charge is 0.461 e. The highest BCUT2D eigenvalue weighted by molar-refractivity contribution is 5.98. The molecule has 0 saturated heterocycles. The maximum absolute atomic E-state index is 12.2. The van der Waals surface area contributed by atoms with Crippen molar-refractivity contribution < 1.29 is 13.7 Å². The molecule has 6 nitrogen and oxygen atoms in total. The first-order valence-electron chi connectivity index (χ1n) is 8.04. The Labute approximate surface area is 139 Å². The minimum absolute atomic E-state index is 0.0000634. The number of fused-ring (bicyclic) bond motifs is 3. The first kappa shape index (κ1) is 14.8. The van der Waals surface area contributed by atoms with Gasteiger partial charge in [-0.1, -0.05) is 5.16 Å². The summed E-state index contributed by atoms with van der Waals surface area (Å²) >= 11 is 0. The lowest BCUT2D eigenvalue weighted by molar-refractivity contribution is 0.0828. The highest BCUT2D eigenvalue weighted by Gasteiger charge is 2.25. The maximum Gasteiger partial charge on any atom is 0.253 e. The lowest BCUT2D eigenvalue weighted by Gasteiger charge is -2.22. The predicted molar refractivity (Wildman–Crippen MR) is 90.2 cm³/mol. The third-order valence-corrected chi connectivity index (χ3v) is 4.49. The van der Waals surface area contributed by atoms with Crippen molar-refractivity contribution in [1.29, 1.82) is 0 Å². The van der Waals surface area contributed by atoms with Gasteiger partial charge < -0.3 is 19.2 Å². The highest BCUT2D eigenvalue weighted by atomic mass is 16.5. The van der Waals surface area contributed by atoms with Gasteiger partial charge >= 0.3 is 0 Å². The number of rotatable bonds is 3. The number of aromatic nitrogens is 1. The Kier molecular flexibility index (Phi) is 3.52. The number of hydrogen-bond donors (Lipinski definition) is 1. The van der Waals surface area contributed by atoms with Gasteiger partial charge in [0.05, 0.1) is 0 Å². The van der Waals surface area contributed by atoms with E-state index in [1.807, 2.05) is 24.3 Å². The van der Waals surface area contributed by atoms with Gasteiger partial charge in [-0.3, -0.25) is 4.79 Å². The van der Waals surface area contributed by atoms with E-state index in [1.54, 1.807) is 25.3 Å². The Bertz CT molecular complexity index is 880. The molecule has 0 aliphatic heterocycles. The van der Waals surface area contributed by atoms with Crippen LogP contribution in [-0.4, -0.2) is 36.1 Å². The Hall–Kier alpha value is -2.76. The Balaban J connectivity index is 1.66. The molecule has 1 atom stereocenters. The Morgan fingerprint density at radius 2 is 2.21 bits per heavy atom. The van der Waals surface area contributed by atoms with Crippen LogP contribution in [-0.2, 0) is 12.8 Å². The van der Waals surface area contributed by atoms with Crippen molar-refractivity contribution in [3.8, 4) is 0 Å². The maximum atomic E-state index is 12.2. The van der Waals surface area contributed by atoms with Crippen LogP contribution in [0.15, 0.2) is 39.5 Å². The fourth-order valence-electron chi connectivity index (χ4n) is 3.29. The van der Waals surface area contributed by atoms with E-state index in [0.29, 0.717) is 5.56 Å². The van der Waals surface area contributed by atoms with Crippen molar-refractivity contribution in [2.45, 2.75) is 25.3 Å². The van der Waals surface area contributed by atoms with Crippen molar-refractivity contribution in [2.75, 3.05) is 19.4 Å².